The van der Waals surface area contributed by atoms with Gasteiger partial charge in [0.2, 0.25) is 5.78 Å². The lowest BCUT2D eigenvalue weighted by Crippen LogP contribution is -2.14. The van der Waals surface area contributed by atoms with E-state index in [0.717, 1.165) is 16.7 Å². The lowest BCUT2D eigenvalue weighted by atomic mass is 10.0. The first-order chi connectivity index (χ1) is 13.1. The van der Waals surface area contributed by atoms with E-state index in [1.54, 1.807) is 24.3 Å². The Bertz CT molecular complexity index is 1260. The summed E-state index contributed by atoms with van der Waals surface area (Å²) < 4.78 is 0.559. The van der Waals surface area contributed by atoms with Crippen LogP contribution in [0.2, 0.25) is 0 Å². The van der Waals surface area contributed by atoms with E-state index in [9.17, 15) is 9.59 Å². The molecule has 27 heavy (non-hydrogen) atoms. The molecule has 0 aliphatic carbocycles. The molecule has 2 heterocycles. The van der Waals surface area contributed by atoms with Crippen LogP contribution in [0.25, 0.3) is 21.2 Å². The normalized spacial score (nSPS) is 10.7. The second-order valence-corrected chi connectivity index (χ2v) is 7.02. The highest BCUT2D eigenvalue weighted by Gasteiger charge is 2.20. The summed E-state index contributed by atoms with van der Waals surface area (Å²) in [7, 11) is 0. The average Bonchev–Trinajstić information content (AvgIpc) is 3.14. The van der Waals surface area contributed by atoms with Crippen LogP contribution in [0.1, 0.15) is 27.2 Å². The molecule has 0 radical (unpaired) electrons. The van der Waals surface area contributed by atoms with Crippen LogP contribution >= 0.6 is 11.3 Å². The van der Waals surface area contributed by atoms with Crippen LogP contribution in [0.5, 0.6) is 0 Å². The van der Waals surface area contributed by atoms with Gasteiger partial charge in [0.15, 0.2) is 0 Å². The molecular formula is C21H13N3O2S. The van der Waals surface area contributed by atoms with E-state index in [4.69, 9.17) is 5.26 Å². The van der Waals surface area contributed by atoms with Crippen LogP contribution in [-0.2, 0) is 0 Å². The first-order valence-corrected chi connectivity index (χ1v) is 9.08. The van der Waals surface area contributed by atoms with Crippen molar-refractivity contribution in [1.82, 2.24) is 10.2 Å². The standard InChI is InChI=1S/C21H13N3O2S/c1-12-2-6-14(7-3-12)16-11-27-20-17(16)21(26)24-23-18(20)19(25)15-8-4-13(10-22)5-9-15/h2-9,11H,1H3,(H,24,26). The molecule has 0 saturated carbocycles. The van der Waals surface area contributed by atoms with Gasteiger partial charge in [0.1, 0.15) is 5.69 Å². The summed E-state index contributed by atoms with van der Waals surface area (Å²) in [6.45, 7) is 2.00. The number of nitrogens with zero attached hydrogens (tertiary/aromatic N) is 2. The van der Waals surface area contributed by atoms with Crippen molar-refractivity contribution in [3.63, 3.8) is 0 Å². The highest BCUT2D eigenvalue weighted by Crippen LogP contribution is 2.33. The SMILES string of the molecule is Cc1ccc(-c2csc3c(C(=O)c4ccc(C#N)cc4)n[nH]c(=O)c23)cc1. The van der Waals surface area contributed by atoms with E-state index >= 15 is 0 Å². The number of aromatic nitrogens is 2. The molecule has 130 valence electrons. The van der Waals surface area contributed by atoms with Gasteiger partial charge >= 0.3 is 0 Å². The van der Waals surface area contributed by atoms with Gasteiger partial charge in [0.05, 0.1) is 21.7 Å². The minimum Gasteiger partial charge on any atom is -0.287 e. The van der Waals surface area contributed by atoms with Crippen LogP contribution in [0, 0.1) is 18.3 Å². The predicted molar refractivity (Wildman–Crippen MR) is 105 cm³/mol. The molecular weight excluding hydrogens is 358 g/mol. The van der Waals surface area contributed by atoms with Gasteiger partial charge in [-0.15, -0.1) is 11.3 Å². The number of benzene rings is 2. The number of hydrogen-bond donors (Lipinski definition) is 1. The molecule has 0 aliphatic heterocycles. The number of carbonyl (C=O) groups excluding carboxylic acids is 1. The fraction of sp³-hybridized carbons (Fsp3) is 0.0476. The number of fused-ring (bicyclic) bond motifs is 1. The molecule has 6 heteroatoms. The Morgan fingerprint density at radius 2 is 1.81 bits per heavy atom. The highest BCUT2D eigenvalue weighted by atomic mass is 32.1. The third-order valence-electron chi connectivity index (χ3n) is 4.36. The fourth-order valence-corrected chi connectivity index (χ4v) is 3.96. The highest BCUT2D eigenvalue weighted by molar-refractivity contribution is 7.18. The van der Waals surface area contributed by atoms with Crippen molar-refractivity contribution >= 4 is 27.2 Å². The van der Waals surface area contributed by atoms with Gasteiger partial charge in [0.25, 0.3) is 5.56 Å². The quantitative estimate of drug-likeness (QED) is 0.550. The van der Waals surface area contributed by atoms with Crippen molar-refractivity contribution in [1.29, 1.82) is 5.26 Å². The van der Waals surface area contributed by atoms with Crippen molar-refractivity contribution in [2.75, 3.05) is 0 Å². The summed E-state index contributed by atoms with van der Waals surface area (Å²) in [6.07, 6.45) is 0. The fourth-order valence-electron chi connectivity index (χ4n) is 2.90. The van der Waals surface area contributed by atoms with Gasteiger partial charge in [-0.3, -0.25) is 9.59 Å². The van der Waals surface area contributed by atoms with Gasteiger partial charge in [-0.2, -0.15) is 10.4 Å². The Morgan fingerprint density at radius 1 is 1.11 bits per heavy atom. The van der Waals surface area contributed by atoms with Crippen LogP contribution < -0.4 is 5.56 Å². The monoisotopic (exact) mass is 371 g/mol. The van der Waals surface area contributed by atoms with Crippen molar-refractivity contribution in [3.05, 3.63) is 86.6 Å². The number of ketones is 1. The predicted octanol–water partition coefficient (Wildman–Crippen LogP) is 4.06. The zero-order valence-corrected chi connectivity index (χ0v) is 15.1. The van der Waals surface area contributed by atoms with Crippen LogP contribution in [-0.4, -0.2) is 16.0 Å². The summed E-state index contributed by atoms with van der Waals surface area (Å²) in [5.41, 5.74) is 3.61. The van der Waals surface area contributed by atoms with Crippen molar-refractivity contribution in [2.45, 2.75) is 6.92 Å². The zero-order chi connectivity index (χ0) is 19.0. The number of nitriles is 1. The van der Waals surface area contributed by atoms with Crippen LogP contribution in [0.3, 0.4) is 0 Å². The van der Waals surface area contributed by atoms with Crippen molar-refractivity contribution in [2.24, 2.45) is 0 Å². The number of H-pyrrole nitrogens is 1. The number of aryl methyl sites for hydroxylation is 1. The number of rotatable bonds is 3. The number of thiophene rings is 1. The van der Waals surface area contributed by atoms with Gasteiger partial charge in [-0.05, 0) is 36.8 Å². The van der Waals surface area contributed by atoms with E-state index in [2.05, 4.69) is 10.2 Å². The number of nitrogens with one attached hydrogen (secondary N) is 1. The molecule has 0 fully saturated rings. The third-order valence-corrected chi connectivity index (χ3v) is 5.34. The molecule has 5 nitrogen and oxygen atoms in total. The van der Waals surface area contributed by atoms with Gasteiger partial charge in [-0.1, -0.05) is 29.8 Å². The molecule has 0 amide bonds. The Kier molecular flexibility index (Phi) is 4.15. The maximum absolute atomic E-state index is 12.9. The summed E-state index contributed by atoms with van der Waals surface area (Å²) in [6, 6.07) is 16.3. The van der Waals surface area contributed by atoms with Crippen molar-refractivity contribution < 1.29 is 4.79 Å². The van der Waals surface area contributed by atoms with E-state index in [1.807, 2.05) is 42.6 Å². The van der Waals surface area contributed by atoms with Crippen molar-refractivity contribution in [3.8, 4) is 17.2 Å². The van der Waals surface area contributed by atoms with Gasteiger partial charge < -0.3 is 0 Å². The smallest absolute Gasteiger partial charge is 0.273 e. The average molecular weight is 371 g/mol. The molecule has 0 unspecified atom stereocenters. The molecule has 1 N–H and O–H groups in total. The Balaban J connectivity index is 1.87. The molecule has 4 rings (SSSR count). The Morgan fingerprint density at radius 3 is 2.48 bits per heavy atom. The molecule has 4 aromatic rings. The first kappa shape index (κ1) is 16.9. The number of hydrogen-bond acceptors (Lipinski definition) is 5. The summed E-state index contributed by atoms with van der Waals surface area (Å²) in [5, 5.41) is 17.7. The van der Waals surface area contributed by atoms with E-state index in [0.29, 0.717) is 21.2 Å². The lowest BCUT2D eigenvalue weighted by Gasteiger charge is -2.03. The molecule has 2 aromatic carbocycles. The third kappa shape index (κ3) is 2.94. The molecule has 0 atom stereocenters. The summed E-state index contributed by atoms with van der Waals surface area (Å²) in [4.78, 5) is 25.3. The minimum absolute atomic E-state index is 0.206. The van der Waals surface area contributed by atoms with Crippen LogP contribution in [0.15, 0.2) is 58.7 Å². The van der Waals surface area contributed by atoms with E-state index in [1.165, 1.54) is 11.3 Å². The Labute approximate surface area is 158 Å². The lowest BCUT2D eigenvalue weighted by molar-refractivity contribution is 0.103. The number of carbonyl (C=O) groups is 1. The minimum atomic E-state index is -0.321. The topological polar surface area (TPSA) is 86.6 Å². The maximum Gasteiger partial charge on any atom is 0.273 e. The molecule has 0 bridgehead atoms. The van der Waals surface area contributed by atoms with Gasteiger partial charge in [0, 0.05) is 16.5 Å². The molecule has 0 saturated heterocycles. The van der Waals surface area contributed by atoms with Gasteiger partial charge in [-0.25, -0.2) is 5.10 Å². The molecule has 0 spiro atoms. The largest absolute Gasteiger partial charge is 0.287 e. The first-order valence-electron chi connectivity index (χ1n) is 8.20. The second kappa shape index (κ2) is 6.63. The maximum atomic E-state index is 12.9. The van der Waals surface area contributed by atoms with E-state index < -0.39 is 0 Å². The summed E-state index contributed by atoms with van der Waals surface area (Å²) in [5.74, 6) is -0.293. The molecule has 2 aromatic heterocycles. The Hall–Kier alpha value is -3.56. The zero-order valence-electron chi connectivity index (χ0n) is 14.3. The summed E-state index contributed by atoms with van der Waals surface area (Å²) >= 11 is 1.33. The number of aromatic amines is 1. The van der Waals surface area contributed by atoms with E-state index in [-0.39, 0.29) is 17.0 Å². The molecule has 0 aliphatic rings. The van der Waals surface area contributed by atoms with Crippen LogP contribution in [0.4, 0.5) is 0 Å². The second-order valence-electron chi connectivity index (χ2n) is 6.14.